The first kappa shape index (κ1) is 10.1. The highest BCUT2D eigenvalue weighted by molar-refractivity contribution is 5.69. The van der Waals surface area contributed by atoms with Gasteiger partial charge in [-0.2, -0.15) is 0 Å². The predicted molar refractivity (Wildman–Crippen MR) is 65.8 cm³/mol. The monoisotopic (exact) mass is 229 g/mol. The number of halogens is 1. The van der Waals surface area contributed by atoms with Crippen LogP contribution in [0.3, 0.4) is 0 Å². The summed E-state index contributed by atoms with van der Waals surface area (Å²) in [6.07, 6.45) is 2.58. The number of fused-ring (bicyclic) bond motifs is 1. The van der Waals surface area contributed by atoms with Gasteiger partial charge in [0.2, 0.25) is 0 Å². The van der Waals surface area contributed by atoms with Crippen molar-refractivity contribution in [1.29, 1.82) is 0 Å². The Morgan fingerprint density at radius 2 is 2.12 bits per heavy atom. The topological polar surface area (TPSA) is 42.1 Å². The highest BCUT2D eigenvalue weighted by Gasteiger charge is 2.21. The lowest BCUT2D eigenvalue weighted by atomic mass is 10.2. The van der Waals surface area contributed by atoms with Crippen molar-refractivity contribution in [3.63, 3.8) is 0 Å². The van der Waals surface area contributed by atoms with Crippen LogP contribution in [0.2, 0.25) is 0 Å². The molecule has 0 radical (unpaired) electrons. The fraction of sp³-hybridized carbons (Fsp3) is 0.154. The van der Waals surface area contributed by atoms with E-state index in [1.54, 1.807) is 24.4 Å². The number of pyridine rings is 1. The Bertz CT molecular complexity index is 568. The SMILES string of the molecule is Nc1ccnc(N2CCc3ccc(F)cc32)c1. The average molecular weight is 229 g/mol. The Labute approximate surface area is 98.7 Å². The van der Waals surface area contributed by atoms with Crippen molar-refractivity contribution in [3.05, 3.63) is 47.9 Å². The van der Waals surface area contributed by atoms with Gasteiger partial charge in [0.1, 0.15) is 11.6 Å². The second kappa shape index (κ2) is 3.73. The molecular weight excluding hydrogens is 217 g/mol. The Hall–Kier alpha value is -2.10. The maximum atomic E-state index is 13.3. The number of rotatable bonds is 1. The van der Waals surface area contributed by atoms with Gasteiger partial charge in [-0.05, 0) is 30.2 Å². The van der Waals surface area contributed by atoms with E-state index in [-0.39, 0.29) is 5.82 Å². The Morgan fingerprint density at radius 3 is 2.94 bits per heavy atom. The zero-order valence-corrected chi connectivity index (χ0v) is 9.23. The quantitative estimate of drug-likeness (QED) is 0.816. The molecule has 3 nitrogen and oxygen atoms in total. The van der Waals surface area contributed by atoms with E-state index in [1.807, 2.05) is 11.0 Å². The van der Waals surface area contributed by atoms with Crippen molar-refractivity contribution >= 4 is 17.2 Å². The Morgan fingerprint density at radius 1 is 1.24 bits per heavy atom. The third-order valence-corrected chi connectivity index (χ3v) is 2.99. The maximum absolute atomic E-state index is 13.3. The van der Waals surface area contributed by atoms with Gasteiger partial charge in [-0.1, -0.05) is 6.07 Å². The van der Waals surface area contributed by atoms with E-state index < -0.39 is 0 Å². The highest BCUT2D eigenvalue weighted by Crippen LogP contribution is 2.34. The minimum absolute atomic E-state index is 0.223. The molecule has 1 aromatic heterocycles. The molecule has 0 aliphatic carbocycles. The molecule has 2 aromatic rings. The number of nitrogens with zero attached hydrogens (tertiary/aromatic N) is 2. The van der Waals surface area contributed by atoms with E-state index in [1.165, 1.54) is 6.07 Å². The summed E-state index contributed by atoms with van der Waals surface area (Å²) in [4.78, 5) is 6.27. The van der Waals surface area contributed by atoms with Gasteiger partial charge in [-0.25, -0.2) is 9.37 Å². The normalized spacial score (nSPS) is 13.8. The molecule has 0 bridgehead atoms. The van der Waals surface area contributed by atoms with E-state index in [4.69, 9.17) is 5.73 Å². The van der Waals surface area contributed by atoms with Crippen LogP contribution in [0, 0.1) is 5.82 Å². The number of nitrogens with two attached hydrogens (primary N) is 1. The van der Waals surface area contributed by atoms with Crippen LogP contribution in [0.1, 0.15) is 5.56 Å². The molecule has 0 fully saturated rings. The summed E-state index contributed by atoms with van der Waals surface area (Å²) in [5, 5.41) is 0. The molecule has 1 aliphatic heterocycles. The van der Waals surface area contributed by atoms with Crippen molar-refractivity contribution in [2.75, 3.05) is 17.2 Å². The van der Waals surface area contributed by atoms with Crippen LogP contribution in [0.25, 0.3) is 0 Å². The third kappa shape index (κ3) is 1.71. The van der Waals surface area contributed by atoms with E-state index in [0.29, 0.717) is 5.69 Å². The maximum Gasteiger partial charge on any atom is 0.134 e. The van der Waals surface area contributed by atoms with Gasteiger partial charge in [-0.3, -0.25) is 0 Å². The summed E-state index contributed by atoms with van der Waals surface area (Å²) in [5.74, 6) is 0.550. The molecule has 0 saturated carbocycles. The lowest BCUT2D eigenvalue weighted by molar-refractivity contribution is 0.628. The van der Waals surface area contributed by atoms with Crippen molar-refractivity contribution in [2.45, 2.75) is 6.42 Å². The minimum Gasteiger partial charge on any atom is -0.399 e. The molecule has 2 N–H and O–H groups in total. The van der Waals surface area contributed by atoms with Crippen molar-refractivity contribution in [2.24, 2.45) is 0 Å². The van der Waals surface area contributed by atoms with Gasteiger partial charge >= 0.3 is 0 Å². The first-order chi connectivity index (χ1) is 8.24. The third-order valence-electron chi connectivity index (χ3n) is 2.99. The van der Waals surface area contributed by atoms with Crippen LogP contribution in [0.5, 0.6) is 0 Å². The van der Waals surface area contributed by atoms with Crippen molar-refractivity contribution in [3.8, 4) is 0 Å². The molecule has 3 rings (SSSR count). The van der Waals surface area contributed by atoms with Gasteiger partial charge < -0.3 is 10.6 Å². The van der Waals surface area contributed by atoms with Gasteiger partial charge in [-0.15, -0.1) is 0 Å². The molecule has 0 spiro atoms. The highest BCUT2D eigenvalue weighted by atomic mass is 19.1. The number of aromatic nitrogens is 1. The minimum atomic E-state index is -0.223. The molecule has 0 amide bonds. The van der Waals surface area contributed by atoms with Crippen LogP contribution in [-0.4, -0.2) is 11.5 Å². The van der Waals surface area contributed by atoms with E-state index in [2.05, 4.69) is 4.98 Å². The summed E-state index contributed by atoms with van der Waals surface area (Å²) in [7, 11) is 0. The molecule has 0 saturated heterocycles. The number of nitrogen functional groups attached to an aromatic ring is 1. The molecule has 1 aliphatic rings. The average Bonchev–Trinajstić information content (AvgIpc) is 2.71. The van der Waals surface area contributed by atoms with Gasteiger partial charge in [0.25, 0.3) is 0 Å². The van der Waals surface area contributed by atoms with Crippen LogP contribution >= 0.6 is 0 Å². The number of hydrogen-bond acceptors (Lipinski definition) is 3. The lowest BCUT2D eigenvalue weighted by Gasteiger charge is -2.18. The van der Waals surface area contributed by atoms with E-state index in [9.17, 15) is 4.39 Å². The first-order valence-electron chi connectivity index (χ1n) is 5.51. The smallest absolute Gasteiger partial charge is 0.134 e. The molecular formula is C13H12FN3. The first-order valence-corrected chi connectivity index (χ1v) is 5.51. The summed E-state index contributed by atoms with van der Waals surface area (Å²) >= 11 is 0. The zero-order valence-electron chi connectivity index (χ0n) is 9.23. The van der Waals surface area contributed by atoms with Crippen LogP contribution in [-0.2, 0) is 6.42 Å². The molecule has 17 heavy (non-hydrogen) atoms. The standard InChI is InChI=1S/C13H12FN3/c14-10-2-1-9-4-6-17(12(9)7-10)13-8-11(15)3-5-16-13/h1-3,5,7-8H,4,6H2,(H2,15,16). The van der Waals surface area contributed by atoms with Gasteiger partial charge in [0.15, 0.2) is 0 Å². The van der Waals surface area contributed by atoms with Gasteiger partial charge in [0.05, 0.1) is 0 Å². The molecule has 0 unspecified atom stereocenters. The molecule has 4 heteroatoms. The summed E-state index contributed by atoms with van der Waals surface area (Å²) < 4.78 is 13.3. The fourth-order valence-electron chi connectivity index (χ4n) is 2.17. The fourth-order valence-corrected chi connectivity index (χ4v) is 2.17. The zero-order chi connectivity index (χ0) is 11.8. The van der Waals surface area contributed by atoms with Crippen LogP contribution < -0.4 is 10.6 Å². The Balaban J connectivity index is 2.06. The van der Waals surface area contributed by atoms with Gasteiger partial charge in [0, 0.05) is 30.2 Å². The number of anilines is 3. The predicted octanol–water partition coefficient (Wildman–Crippen LogP) is 2.50. The van der Waals surface area contributed by atoms with E-state index in [0.717, 1.165) is 30.0 Å². The number of hydrogen-bond donors (Lipinski definition) is 1. The second-order valence-electron chi connectivity index (χ2n) is 4.12. The lowest BCUT2D eigenvalue weighted by Crippen LogP contribution is -2.14. The number of benzene rings is 1. The van der Waals surface area contributed by atoms with Crippen LogP contribution in [0.15, 0.2) is 36.5 Å². The molecule has 86 valence electrons. The van der Waals surface area contributed by atoms with Crippen molar-refractivity contribution in [1.82, 2.24) is 4.98 Å². The summed E-state index contributed by atoms with van der Waals surface area (Å²) in [6, 6.07) is 8.42. The molecule has 1 aromatic carbocycles. The van der Waals surface area contributed by atoms with E-state index >= 15 is 0 Å². The summed E-state index contributed by atoms with van der Waals surface area (Å²) in [5.41, 5.74) is 8.44. The largest absolute Gasteiger partial charge is 0.399 e. The van der Waals surface area contributed by atoms with Crippen molar-refractivity contribution < 1.29 is 4.39 Å². The second-order valence-corrected chi connectivity index (χ2v) is 4.12. The summed E-state index contributed by atoms with van der Waals surface area (Å²) in [6.45, 7) is 0.815. The molecule has 0 atom stereocenters. The molecule has 2 heterocycles. The Kier molecular flexibility index (Phi) is 2.21. The van der Waals surface area contributed by atoms with Crippen LogP contribution in [0.4, 0.5) is 21.6 Å².